The van der Waals surface area contributed by atoms with Crippen LogP contribution in [-0.2, 0) is 0 Å². The highest BCUT2D eigenvalue weighted by molar-refractivity contribution is 9.13. The minimum absolute atomic E-state index is 0.355. The molecule has 0 amide bonds. The Morgan fingerprint density at radius 2 is 2.12 bits per heavy atom. The number of hydrogen-bond donors (Lipinski definition) is 2. The molecule has 0 saturated carbocycles. The van der Waals surface area contributed by atoms with Gasteiger partial charge in [0, 0.05) is 10.0 Å². The van der Waals surface area contributed by atoms with Crippen molar-refractivity contribution in [1.82, 2.24) is 10.2 Å². The van der Waals surface area contributed by atoms with E-state index in [4.69, 9.17) is 5.73 Å². The average Bonchev–Trinajstić information content (AvgIpc) is 2.71. The third-order valence-electron chi connectivity index (χ3n) is 2.30. The van der Waals surface area contributed by atoms with Gasteiger partial charge in [-0.2, -0.15) is 5.10 Å². The molecule has 0 radical (unpaired) electrons. The van der Waals surface area contributed by atoms with Crippen LogP contribution in [0.2, 0.25) is 0 Å². The Morgan fingerprint density at radius 1 is 1.44 bits per heavy atom. The first-order valence-corrected chi connectivity index (χ1v) is 7.20. The molecule has 0 aliphatic heterocycles. The zero-order chi connectivity index (χ0) is 11.9. The van der Waals surface area contributed by atoms with Gasteiger partial charge < -0.3 is 5.73 Å². The van der Waals surface area contributed by atoms with Crippen molar-refractivity contribution in [1.29, 1.82) is 0 Å². The number of aromatic nitrogens is 2. The summed E-state index contributed by atoms with van der Waals surface area (Å²) in [5.41, 5.74) is 7.97. The highest BCUT2D eigenvalue weighted by Gasteiger charge is 2.18. The van der Waals surface area contributed by atoms with E-state index in [0.717, 1.165) is 24.4 Å². The van der Waals surface area contributed by atoms with E-state index in [0.29, 0.717) is 11.7 Å². The quantitative estimate of drug-likeness (QED) is 0.831. The molecular weight excluding hydrogens is 354 g/mol. The van der Waals surface area contributed by atoms with E-state index in [-0.39, 0.29) is 0 Å². The van der Waals surface area contributed by atoms with E-state index in [9.17, 15) is 0 Å². The number of aromatic amines is 1. The van der Waals surface area contributed by atoms with Crippen molar-refractivity contribution in [3.63, 3.8) is 0 Å². The third kappa shape index (κ3) is 2.06. The number of nitrogen functional groups attached to an aromatic ring is 1. The molecule has 0 aromatic carbocycles. The first-order valence-electron chi connectivity index (χ1n) is 4.79. The van der Waals surface area contributed by atoms with Crippen molar-refractivity contribution < 1.29 is 0 Å². The summed E-state index contributed by atoms with van der Waals surface area (Å²) in [4.78, 5) is 1.13. The number of rotatable bonds is 2. The Balaban J connectivity index is 2.56. The number of nitrogens with two attached hydrogens (primary N) is 1. The van der Waals surface area contributed by atoms with Gasteiger partial charge in [0.2, 0.25) is 0 Å². The minimum atomic E-state index is 0.355. The van der Waals surface area contributed by atoms with E-state index in [2.05, 4.69) is 62.0 Å². The highest BCUT2D eigenvalue weighted by atomic mass is 79.9. The predicted molar refractivity (Wildman–Crippen MR) is 75.8 cm³/mol. The van der Waals surface area contributed by atoms with E-state index in [1.54, 1.807) is 11.3 Å². The second kappa shape index (κ2) is 4.50. The zero-order valence-corrected chi connectivity index (χ0v) is 12.8. The van der Waals surface area contributed by atoms with Crippen LogP contribution >= 0.6 is 43.2 Å². The van der Waals surface area contributed by atoms with Gasteiger partial charge in [-0.1, -0.05) is 13.8 Å². The van der Waals surface area contributed by atoms with Crippen LogP contribution in [0.5, 0.6) is 0 Å². The second-order valence-corrected chi connectivity index (χ2v) is 7.01. The maximum absolute atomic E-state index is 5.86. The standard InChI is InChI=1S/C10H11Br2N3S/c1-4(2)7-8(14-15-10(7)13)6-3-5(11)9(12)16-6/h3-4H,1-2H3,(H3,13,14,15). The van der Waals surface area contributed by atoms with E-state index >= 15 is 0 Å². The third-order valence-corrected chi connectivity index (χ3v) is 5.58. The zero-order valence-electron chi connectivity index (χ0n) is 8.84. The Bertz CT molecular complexity index is 497. The molecule has 0 aliphatic rings. The molecule has 0 fully saturated rings. The summed E-state index contributed by atoms with van der Waals surface area (Å²) in [5.74, 6) is 0.944. The molecule has 2 aromatic heterocycles. The molecule has 2 rings (SSSR count). The van der Waals surface area contributed by atoms with Crippen molar-refractivity contribution in [2.24, 2.45) is 0 Å². The van der Waals surface area contributed by atoms with Crippen molar-refractivity contribution >= 4 is 49.0 Å². The molecule has 0 atom stereocenters. The molecular formula is C10H11Br2N3S. The number of nitrogens with zero attached hydrogens (tertiary/aromatic N) is 1. The summed E-state index contributed by atoms with van der Waals surface area (Å²) in [6.45, 7) is 4.23. The van der Waals surface area contributed by atoms with Gasteiger partial charge >= 0.3 is 0 Å². The lowest BCUT2D eigenvalue weighted by atomic mass is 10.0. The molecule has 3 nitrogen and oxygen atoms in total. The molecule has 0 unspecified atom stereocenters. The van der Waals surface area contributed by atoms with Gasteiger partial charge in [0.05, 0.1) is 14.4 Å². The number of anilines is 1. The van der Waals surface area contributed by atoms with Crippen molar-refractivity contribution in [3.8, 4) is 10.6 Å². The fourth-order valence-corrected chi connectivity index (χ4v) is 3.65. The van der Waals surface area contributed by atoms with Crippen LogP contribution in [0.25, 0.3) is 10.6 Å². The van der Waals surface area contributed by atoms with Crippen LogP contribution in [-0.4, -0.2) is 10.2 Å². The monoisotopic (exact) mass is 363 g/mol. The van der Waals surface area contributed by atoms with Crippen LogP contribution < -0.4 is 5.73 Å². The van der Waals surface area contributed by atoms with E-state index in [1.165, 1.54) is 0 Å². The molecule has 3 N–H and O–H groups in total. The Morgan fingerprint density at radius 3 is 2.62 bits per heavy atom. The second-order valence-electron chi connectivity index (χ2n) is 3.78. The molecule has 0 saturated heterocycles. The van der Waals surface area contributed by atoms with Gasteiger partial charge in [0.25, 0.3) is 0 Å². The van der Waals surface area contributed by atoms with Crippen LogP contribution in [0.15, 0.2) is 14.3 Å². The van der Waals surface area contributed by atoms with Crippen LogP contribution in [0.1, 0.15) is 25.3 Å². The fraction of sp³-hybridized carbons (Fsp3) is 0.300. The summed E-state index contributed by atoms with van der Waals surface area (Å²) in [7, 11) is 0. The van der Waals surface area contributed by atoms with Gasteiger partial charge in [0.15, 0.2) is 0 Å². The number of halogens is 2. The Hall–Kier alpha value is -0.330. The van der Waals surface area contributed by atoms with Crippen molar-refractivity contribution in [2.45, 2.75) is 19.8 Å². The smallest absolute Gasteiger partial charge is 0.149 e. The summed E-state index contributed by atoms with van der Waals surface area (Å²) in [5, 5.41) is 7.09. The highest BCUT2D eigenvalue weighted by Crippen LogP contribution is 2.41. The van der Waals surface area contributed by atoms with Crippen LogP contribution in [0.4, 0.5) is 5.82 Å². The molecule has 6 heteroatoms. The summed E-state index contributed by atoms with van der Waals surface area (Å²) < 4.78 is 2.13. The summed E-state index contributed by atoms with van der Waals surface area (Å²) in [6, 6.07) is 2.06. The largest absolute Gasteiger partial charge is 0.382 e. The number of H-pyrrole nitrogens is 1. The van der Waals surface area contributed by atoms with Gasteiger partial charge in [-0.25, -0.2) is 0 Å². The van der Waals surface area contributed by atoms with Crippen LogP contribution in [0.3, 0.4) is 0 Å². The molecule has 0 spiro atoms. The number of nitrogens with one attached hydrogen (secondary N) is 1. The fourth-order valence-electron chi connectivity index (χ4n) is 1.61. The van der Waals surface area contributed by atoms with E-state index < -0.39 is 0 Å². The number of hydrogen-bond acceptors (Lipinski definition) is 3. The number of thiophene rings is 1. The lowest BCUT2D eigenvalue weighted by Crippen LogP contribution is -1.94. The predicted octanol–water partition coefficient (Wildman–Crippen LogP) is 4.37. The molecule has 86 valence electrons. The van der Waals surface area contributed by atoms with Crippen molar-refractivity contribution in [2.75, 3.05) is 5.73 Å². The van der Waals surface area contributed by atoms with Gasteiger partial charge in [-0.3, -0.25) is 5.10 Å². The molecule has 2 heterocycles. The van der Waals surface area contributed by atoms with Gasteiger partial charge in [-0.15, -0.1) is 11.3 Å². The minimum Gasteiger partial charge on any atom is -0.382 e. The average molecular weight is 365 g/mol. The normalized spacial score (nSPS) is 11.3. The first kappa shape index (κ1) is 12.1. The van der Waals surface area contributed by atoms with E-state index in [1.807, 2.05) is 0 Å². The maximum atomic E-state index is 5.86. The molecule has 0 bridgehead atoms. The molecule has 0 aliphatic carbocycles. The van der Waals surface area contributed by atoms with Gasteiger partial charge in [-0.05, 0) is 43.8 Å². The summed E-state index contributed by atoms with van der Waals surface area (Å²) >= 11 is 8.62. The summed E-state index contributed by atoms with van der Waals surface area (Å²) in [6.07, 6.45) is 0. The lowest BCUT2D eigenvalue weighted by molar-refractivity contribution is 0.873. The molecule has 16 heavy (non-hydrogen) atoms. The first-order chi connectivity index (χ1) is 7.50. The van der Waals surface area contributed by atoms with Crippen LogP contribution in [0, 0.1) is 0 Å². The van der Waals surface area contributed by atoms with Crippen molar-refractivity contribution in [3.05, 3.63) is 19.9 Å². The van der Waals surface area contributed by atoms with Gasteiger partial charge in [0.1, 0.15) is 5.82 Å². The lowest BCUT2D eigenvalue weighted by Gasteiger charge is -2.05. The maximum Gasteiger partial charge on any atom is 0.149 e. The molecule has 2 aromatic rings. The SMILES string of the molecule is CC(C)c1c(N)n[nH]c1-c1cc(Br)c(Br)s1. The Kier molecular flexibility index (Phi) is 3.42. The topological polar surface area (TPSA) is 54.7 Å². The Labute approximate surface area is 115 Å².